The number of H-pyrrole nitrogens is 1. The number of hydrogen-bond donors (Lipinski definition) is 1. The molecule has 5 rings (SSSR count). The summed E-state index contributed by atoms with van der Waals surface area (Å²) in [5, 5.41) is 8.53. The first kappa shape index (κ1) is 23.2. The summed E-state index contributed by atoms with van der Waals surface area (Å²) in [4.78, 5) is 9.90. The van der Waals surface area contributed by atoms with Crippen molar-refractivity contribution in [3.63, 3.8) is 0 Å². The van der Waals surface area contributed by atoms with E-state index >= 15 is 4.39 Å². The fourth-order valence-corrected chi connectivity index (χ4v) is 5.52. The molecule has 34 heavy (non-hydrogen) atoms. The van der Waals surface area contributed by atoms with E-state index in [1.54, 1.807) is 6.07 Å². The van der Waals surface area contributed by atoms with Crippen molar-refractivity contribution in [2.75, 3.05) is 44.3 Å². The van der Waals surface area contributed by atoms with Crippen LogP contribution in [0.3, 0.4) is 0 Å². The van der Waals surface area contributed by atoms with Gasteiger partial charge in [-0.1, -0.05) is 6.92 Å². The van der Waals surface area contributed by atoms with Gasteiger partial charge in [0.05, 0.1) is 5.69 Å². The summed E-state index contributed by atoms with van der Waals surface area (Å²) in [5.41, 5.74) is 5.37. The van der Waals surface area contributed by atoms with Crippen molar-refractivity contribution in [1.82, 2.24) is 20.1 Å². The highest BCUT2D eigenvalue weighted by Crippen LogP contribution is 2.38. The minimum absolute atomic E-state index is 0.241. The zero-order valence-electron chi connectivity index (χ0n) is 20.8. The van der Waals surface area contributed by atoms with Crippen LogP contribution in [0, 0.1) is 25.6 Å². The Balaban J connectivity index is 1.51. The van der Waals surface area contributed by atoms with Crippen molar-refractivity contribution in [2.24, 2.45) is 5.92 Å². The molecule has 1 aromatic carbocycles. The molecule has 0 aliphatic carbocycles. The normalized spacial score (nSPS) is 20.4. The van der Waals surface area contributed by atoms with Crippen molar-refractivity contribution < 1.29 is 9.13 Å². The zero-order chi connectivity index (χ0) is 23.8. The third-order valence-corrected chi connectivity index (χ3v) is 7.61. The number of benzene rings is 1. The molecule has 2 aliphatic heterocycles. The average Bonchev–Trinajstić information content (AvgIpc) is 3.27. The van der Waals surface area contributed by atoms with Crippen LogP contribution in [-0.4, -0.2) is 65.5 Å². The Morgan fingerprint density at radius 1 is 1.15 bits per heavy atom. The van der Waals surface area contributed by atoms with E-state index in [0.717, 1.165) is 97.9 Å². The topological polar surface area (TPSA) is 57.3 Å². The number of aromatic nitrogens is 3. The quantitative estimate of drug-likeness (QED) is 0.582. The zero-order valence-corrected chi connectivity index (χ0v) is 20.8. The van der Waals surface area contributed by atoms with Gasteiger partial charge in [0, 0.05) is 62.1 Å². The van der Waals surface area contributed by atoms with E-state index in [1.165, 1.54) is 0 Å². The molecule has 2 fully saturated rings. The second-order valence-corrected chi connectivity index (χ2v) is 10.0. The van der Waals surface area contributed by atoms with Crippen LogP contribution in [-0.2, 0) is 11.2 Å². The van der Waals surface area contributed by atoms with Gasteiger partial charge in [0.15, 0.2) is 0 Å². The fraction of sp³-hybridized carbons (Fsp3) is 0.556. The number of anilines is 1. The van der Waals surface area contributed by atoms with Crippen LogP contribution < -0.4 is 4.90 Å². The van der Waals surface area contributed by atoms with Crippen LogP contribution in [0.15, 0.2) is 18.2 Å². The number of hydrogen-bond acceptors (Lipinski definition) is 5. The number of halogens is 1. The molecule has 7 heteroatoms. The maximum absolute atomic E-state index is 15.2. The van der Waals surface area contributed by atoms with Crippen LogP contribution in [0.1, 0.15) is 43.5 Å². The second kappa shape index (κ2) is 9.62. The summed E-state index contributed by atoms with van der Waals surface area (Å²) in [5.74, 6) is 1.32. The van der Waals surface area contributed by atoms with Crippen LogP contribution in [0.5, 0.6) is 0 Å². The molecule has 0 spiro atoms. The Kier molecular flexibility index (Phi) is 6.58. The summed E-state index contributed by atoms with van der Waals surface area (Å²) in [7, 11) is 0. The lowest BCUT2D eigenvalue weighted by Gasteiger charge is -2.42. The van der Waals surface area contributed by atoms with Crippen molar-refractivity contribution in [3.8, 4) is 11.3 Å². The van der Waals surface area contributed by atoms with Crippen LogP contribution >= 0.6 is 0 Å². The van der Waals surface area contributed by atoms with Crippen molar-refractivity contribution in [3.05, 3.63) is 40.8 Å². The number of pyridine rings is 1. The number of nitrogens with zero attached hydrogens (tertiary/aromatic N) is 4. The van der Waals surface area contributed by atoms with Gasteiger partial charge in [0.1, 0.15) is 17.2 Å². The molecule has 1 atom stereocenters. The smallest absolute Gasteiger partial charge is 0.149 e. The largest absolute Gasteiger partial charge is 0.381 e. The Labute approximate surface area is 201 Å². The molecule has 3 aromatic rings. The van der Waals surface area contributed by atoms with Gasteiger partial charge in [-0.15, -0.1) is 0 Å². The Hall–Kier alpha value is -2.51. The minimum Gasteiger partial charge on any atom is -0.381 e. The second-order valence-electron chi connectivity index (χ2n) is 10.0. The molecule has 2 aliphatic rings. The summed E-state index contributed by atoms with van der Waals surface area (Å²) in [6.07, 6.45) is 3.09. The molecule has 4 heterocycles. The number of aromatic amines is 1. The number of ether oxygens (including phenoxy) is 1. The Bertz CT molecular complexity index is 1170. The van der Waals surface area contributed by atoms with Gasteiger partial charge in [-0.25, -0.2) is 9.37 Å². The summed E-state index contributed by atoms with van der Waals surface area (Å²) in [6, 6.07) is 6.17. The van der Waals surface area contributed by atoms with E-state index in [9.17, 15) is 0 Å². The monoisotopic (exact) mass is 465 g/mol. The summed E-state index contributed by atoms with van der Waals surface area (Å²) in [6.45, 7) is 14.1. The fourth-order valence-electron chi connectivity index (χ4n) is 5.52. The number of rotatable bonds is 5. The molecule has 2 saturated heterocycles. The third kappa shape index (κ3) is 4.43. The molecular weight excluding hydrogens is 429 g/mol. The van der Waals surface area contributed by atoms with Crippen molar-refractivity contribution in [1.29, 1.82) is 0 Å². The molecule has 6 nitrogen and oxygen atoms in total. The van der Waals surface area contributed by atoms with Gasteiger partial charge >= 0.3 is 0 Å². The molecule has 182 valence electrons. The van der Waals surface area contributed by atoms with Gasteiger partial charge in [-0.05, 0) is 75.3 Å². The van der Waals surface area contributed by atoms with Crippen molar-refractivity contribution >= 4 is 16.7 Å². The van der Waals surface area contributed by atoms with Crippen LogP contribution in [0.25, 0.3) is 22.2 Å². The highest BCUT2D eigenvalue weighted by Gasteiger charge is 2.30. The molecule has 0 bridgehead atoms. The molecule has 0 saturated carbocycles. The first-order valence-electron chi connectivity index (χ1n) is 12.7. The van der Waals surface area contributed by atoms with Gasteiger partial charge in [0.2, 0.25) is 0 Å². The highest BCUT2D eigenvalue weighted by atomic mass is 19.1. The first-order chi connectivity index (χ1) is 16.4. The van der Waals surface area contributed by atoms with E-state index < -0.39 is 0 Å². The van der Waals surface area contributed by atoms with E-state index in [1.807, 2.05) is 6.92 Å². The Morgan fingerprint density at radius 2 is 1.94 bits per heavy atom. The van der Waals surface area contributed by atoms with Crippen LogP contribution in [0.2, 0.25) is 0 Å². The standard InChI is InChI=1S/C27H36FN5O/c1-5-20-13-22-19(4)25(24-12-17(2)30-31-24)27(29-26(22)23(28)14-20)33-9-8-32(18(3)15-33)16-21-6-10-34-11-7-21/h12-14,18,21H,5-11,15-16H2,1-4H3,(H,30,31)/t18-/m1/s1. The van der Waals surface area contributed by atoms with E-state index in [0.29, 0.717) is 17.5 Å². The summed E-state index contributed by atoms with van der Waals surface area (Å²) >= 11 is 0. The maximum Gasteiger partial charge on any atom is 0.149 e. The predicted molar refractivity (Wildman–Crippen MR) is 135 cm³/mol. The number of aryl methyl sites for hydroxylation is 3. The lowest BCUT2D eigenvalue weighted by atomic mass is 9.97. The maximum atomic E-state index is 15.2. The molecule has 0 unspecified atom stereocenters. The van der Waals surface area contributed by atoms with Gasteiger partial charge in [0.25, 0.3) is 0 Å². The molecule has 2 aromatic heterocycles. The minimum atomic E-state index is -0.241. The lowest BCUT2D eigenvalue weighted by Crippen LogP contribution is -2.53. The molecule has 0 amide bonds. The number of nitrogens with one attached hydrogen (secondary N) is 1. The predicted octanol–water partition coefficient (Wildman–Crippen LogP) is 4.88. The van der Waals surface area contributed by atoms with Crippen molar-refractivity contribution in [2.45, 2.75) is 53.0 Å². The SMILES string of the molecule is CCc1cc(F)c2nc(N3CCN(CC4CCOCC4)[C@H](C)C3)c(-c3cc(C)[nH]n3)c(C)c2c1. The van der Waals surface area contributed by atoms with E-state index in [-0.39, 0.29) is 5.82 Å². The molecule has 0 radical (unpaired) electrons. The number of fused-ring (bicyclic) bond motifs is 1. The highest BCUT2D eigenvalue weighted by molar-refractivity contribution is 5.94. The van der Waals surface area contributed by atoms with Crippen LogP contribution in [0.4, 0.5) is 10.2 Å². The molecule has 1 N–H and O–H groups in total. The third-order valence-electron chi connectivity index (χ3n) is 7.61. The molecular formula is C27H36FN5O. The first-order valence-corrected chi connectivity index (χ1v) is 12.7. The lowest BCUT2D eigenvalue weighted by molar-refractivity contribution is 0.0447. The van der Waals surface area contributed by atoms with Gasteiger partial charge < -0.3 is 9.64 Å². The van der Waals surface area contributed by atoms with E-state index in [2.05, 4.69) is 52.9 Å². The van der Waals surface area contributed by atoms with Gasteiger partial charge in [-0.3, -0.25) is 10.00 Å². The van der Waals surface area contributed by atoms with E-state index in [4.69, 9.17) is 9.72 Å². The Morgan fingerprint density at radius 3 is 2.62 bits per heavy atom. The summed E-state index contributed by atoms with van der Waals surface area (Å²) < 4.78 is 20.7. The number of piperazine rings is 1. The van der Waals surface area contributed by atoms with Gasteiger partial charge in [-0.2, -0.15) is 5.10 Å². The average molecular weight is 466 g/mol.